The van der Waals surface area contributed by atoms with Gasteiger partial charge in [0.15, 0.2) is 0 Å². The molecular weight excluding hydrogens is 319 g/mol. The summed E-state index contributed by atoms with van der Waals surface area (Å²) in [6.45, 7) is 0. The number of rotatable bonds is 2. The minimum absolute atomic E-state index is 0.103. The number of aryl methyl sites for hydroxylation is 1. The number of fused-ring (bicyclic) bond motifs is 1. The van der Waals surface area contributed by atoms with E-state index in [2.05, 4.69) is 0 Å². The van der Waals surface area contributed by atoms with Gasteiger partial charge in [0, 0.05) is 12.0 Å². The Labute approximate surface area is 146 Å². The summed E-state index contributed by atoms with van der Waals surface area (Å²) in [5.74, 6) is 0.171. The molecule has 0 heterocycles. The molecule has 25 heavy (non-hydrogen) atoms. The molecule has 0 aromatic heterocycles. The maximum absolute atomic E-state index is 15.5. The van der Waals surface area contributed by atoms with Crippen molar-refractivity contribution >= 4 is 11.8 Å². The number of carbonyl (C=O) groups is 2. The Balaban J connectivity index is 1.41. The molecule has 0 amide bonds. The number of esters is 1. The Kier molecular flexibility index (Phi) is 3.20. The van der Waals surface area contributed by atoms with Crippen LogP contribution in [0.5, 0.6) is 0 Å². The van der Waals surface area contributed by atoms with E-state index in [0.29, 0.717) is 29.7 Å². The highest BCUT2D eigenvalue weighted by molar-refractivity contribution is 6.16. The van der Waals surface area contributed by atoms with Crippen LogP contribution < -0.4 is 0 Å². The van der Waals surface area contributed by atoms with E-state index in [0.717, 1.165) is 24.8 Å². The number of ketones is 1. The zero-order valence-electron chi connectivity index (χ0n) is 14.3. The lowest BCUT2D eigenvalue weighted by atomic mass is 9.54. The second-order valence-corrected chi connectivity index (χ2v) is 8.78. The molecule has 1 atom stereocenters. The molecule has 3 nitrogen and oxygen atoms in total. The van der Waals surface area contributed by atoms with Gasteiger partial charge in [-0.05, 0) is 68.3 Å². The van der Waals surface area contributed by atoms with Crippen molar-refractivity contribution < 1.29 is 18.7 Å². The molecule has 6 rings (SSSR count). The highest BCUT2D eigenvalue weighted by Gasteiger charge is 2.57. The topological polar surface area (TPSA) is 43.4 Å². The normalized spacial score (nSPS) is 41.5. The van der Waals surface area contributed by atoms with Crippen LogP contribution in [0.1, 0.15) is 60.9 Å². The Morgan fingerprint density at radius 1 is 1.04 bits per heavy atom. The van der Waals surface area contributed by atoms with Crippen LogP contribution in [0, 0.1) is 17.8 Å². The average Bonchev–Trinajstić information content (AvgIpc) is 2.57. The summed E-state index contributed by atoms with van der Waals surface area (Å²) in [6, 6.07) is 7.00. The van der Waals surface area contributed by atoms with Crippen molar-refractivity contribution in [1.29, 1.82) is 0 Å². The maximum atomic E-state index is 15.5. The molecule has 1 unspecified atom stereocenters. The van der Waals surface area contributed by atoms with Gasteiger partial charge in [-0.3, -0.25) is 4.79 Å². The standard InChI is InChI=1S/C21H23FO3/c22-21(6-5-16-3-1-2-4-17(16)18(21)23)19(24)25-20-10-13-7-14(11-20)9-15(8-13)12-20/h1-4,13-15H,5-12H2. The van der Waals surface area contributed by atoms with Gasteiger partial charge in [-0.2, -0.15) is 0 Å². The van der Waals surface area contributed by atoms with E-state index in [1.165, 1.54) is 19.3 Å². The van der Waals surface area contributed by atoms with E-state index >= 15 is 4.39 Å². The van der Waals surface area contributed by atoms with Crippen molar-refractivity contribution in [1.82, 2.24) is 0 Å². The lowest BCUT2D eigenvalue weighted by molar-refractivity contribution is -0.196. The van der Waals surface area contributed by atoms with Crippen molar-refractivity contribution in [2.75, 3.05) is 0 Å². The van der Waals surface area contributed by atoms with Crippen molar-refractivity contribution in [2.24, 2.45) is 17.8 Å². The highest BCUT2D eigenvalue weighted by atomic mass is 19.1. The summed E-state index contributed by atoms with van der Waals surface area (Å²) < 4.78 is 21.3. The van der Waals surface area contributed by atoms with Crippen LogP contribution in [-0.4, -0.2) is 23.0 Å². The minimum Gasteiger partial charge on any atom is -0.456 e. The minimum atomic E-state index is -2.52. The van der Waals surface area contributed by atoms with Crippen LogP contribution in [0.2, 0.25) is 0 Å². The zero-order chi connectivity index (χ0) is 17.2. The Morgan fingerprint density at radius 3 is 2.28 bits per heavy atom. The number of hydrogen-bond donors (Lipinski definition) is 0. The van der Waals surface area contributed by atoms with Crippen LogP contribution in [0.3, 0.4) is 0 Å². The van der Waals surface area contributed by atoms with Gasteiger partial charge in [0.1, 0.15) is 5.60 Å². The smallest absolute Gasteiger partial charge is 0.352 e. The van der Waals surface area contributed by atoms with Crippen molar-refractivity contribution in [3.63, 3.8) is 0 Å². The van der Waals surface area contributed by atoms with Crippen molar-refractivity contribution in [3.05, 3.63) is 35.4 Å². The zero-order valence-corrected chi connectivity index (χ0v) is 14.3. The lowest BCUT2D eigenvalue weighted by Crippen LogP contribution is -2.56. The van der Waals surface area contributed by atoms with Gasteiger partial charge in [-0.15, -0.1) is 0 Å². The van der Waals surface area contributed by atoms with Crippen molar-refractivity contribution in [2.45, 2.75) is 62.6 Å². The molecule has 1 aromatic carbocycles. The summed E-state index contributed by atoms with van der Waals surface area (Å²) in [5, 5.41) is 0. The Morgan fingerprint density at radius 2 is 1.64 bits per heavy atom. The third-order valence-corrected chi connectivity index (χ3v) is 6.98. The first kappa shape index (κ1) is 15.5. The molecule has 4 fully saturated rings. The molecule has 132 valence electrons. The molecule has 0 radical (unpaired) electrons. The van der Waals surface area contributed by atoms with E-state index in [-0.39, 0.29) is 6.42 Å². The Bertz CT molecular complexity index is 720. The monoisotopic (exact) mass is 342 g/mol. The van der Waals surface area contributed by atoms with Gasteiger partial charge in [0.05, 0.1) is 0 Å². The summed E-state index contributed by atoms with van der Waals surface area (Å²) in [4.78, 5) is 25.5. The number of carbonyl (C=O) groups excluding carboxylic acids is 2. The number of benzene rings is 1. The highest BCUT2D eigenvalue weighted by Crippen LogP contribution is 2.57. The van der Waals surface area contributed by atoms with E-state index in [1.54, 1.807) is 12.1 Å². The number of halogens is 1. The first-order valence-electron chi connectivity index (χ1n) is 9.52. The number of ether oxygens (including phenoxy) is 1. The summed E-state index contributed by atoms with van der Waals surface area (Å²) >= 11 is 0. The third kappa shape index (κ3) is 2.29. The molecule has 0 N–H and O–H groups in total. The Hall–Kier alpha value is -1.71. The summed E-state index contributed by atoms with van der Waals surface area (Å²) in [7, 11) is 0. The average molecular weight is 342 g/mol. The summed E-state index contributed by atoms with van der Waals surface area (Å²) in [6.07, 6.45) is 6.53. The second kappa shape index (κ2) is 5.15. The van der Waals surface area contributed by atoms with Crippen molar-refractivity contribution in [3.8, 4) is 0 Å². The van der Waals surface area contributed by atoms with Crippen LogP contribution in [0.15, 0.2) is 24.3 Å². The van der Waals surface area contributed by atoms with Gasteiger partial charge in [-0.1, -0.05) is 24.3 Å². The molecule has 4 bridgehead atoms. The fraction of sp³-hybridized carbons (Fsp3) is 0.619. The molecule has 0 spiro atoms. The van der Waals surface area contributed by atoms with Gasteiger partial charge >= 0.3 is 5.97 Å². The molecule has 0 saturated heterocycles. The lowest BCUT2D eigenvalue weighted by Gasteiger charge is -2.56. The van der Waals surface area contributed by atoms with Gasteiger partial charge in [-0.25, -0.2) is 9.18 Å². The molecule has 4 heteroatoms. The predicted molar refractivity (Wildman–Crippen MR) is 89.9 cm³/mol. The molecule has 0 aliphatic heterocycles. The first-order chi connectivity index (χ1) is 12.0. The molecular formula is C21H23FO3. The fourth-order valence-corrected chi connectivity index (χ4v) is 6.22. The second-order valence-electron chi connectivity index (χ2n) is 8.78. The number of hydrogen-bond acceptors (Lipinski definition) is 3. The van der Waals surface area contributed by atoms with Gasteiger partial charge < -0.3 is 4.74 Å². The number of Topliss-reactive ketones (excluding diaryl/α,β-unsaturated/α-hetero) is 1. The fourth-order valence-electron chi connectivity index (χ4n) is 6.22. The van der Waals surface area contributed by atoms with Crippen LogP contribution in [-0.2, 0) is 16.0 Å². The SMILES string of the molecule is O=C(OC12CC3CC(CC(C3)C1)C2)C1(F)CCc2ccccc2C1=O. The maximum Gasteiger partial charge on any atom is 0.352 e. The van der Waals surface area contributed by atoms with E-state index in [1.807, 2.05) is 12.1 Å². The molecule has 4 saturated carbocycles. The predicted octanol–water partition coefficient (Wildman–Crippen LogP) is 4.04. The number of alkyl halides is 1. The molecule has 5 aliphatic rings. The van der Waals surface area contributed by atoms with E-state index in [4.69, 9.17) is 4.74 Å². The summed E-state index contributed by atoms with van der Waals surface area (Å²) in [5.41, 5.74) is -1.87. The third-order valence-electron chi connectivity index (χ3n) is 6.98. The van der Waals surface area contributed by atoms with E-state index < -0.39 is 23.0 Å². The van der Waals surface area contributed by atoms with Gasteiger partial charge in [0.2, 0.25) is 5.78 Å². The van der Waals surface area contributed by atoms with Crippen LogP contribution in [0.25, 0.3) is 0 Å². The molecule has 1 aromatic rings. The van der Waals surface area contributed by atoms with E-state index in [9.17, 15) is 9.59 Å². The van der Waals surface area contributed by atoms with Gasteiger partial charge in [0.25, 0.3) is 5.67 Å². The quantitative estimate of drug-likeness (QED) is 0.602. The largest absolute Gasteiger partial charge is 0.456 e. The van der Waals surface area contributed by atoms with Crippen LogP contribution in [0.4, 0.5) is 4.39 Å². The molecule has 5 aliphatic carbocycles. The first-order valence-corrected chi connectivity index (χ1v) is 9.52. The van der Waals surface area contributed by atoms with Crippen LogP contribution >= 0.6 is 0 Å².